The molecule has 128 valence electrons. The maximum Gasteiger partial charge on any atom is 0.309 e. The molecule has 0 aromatic carbocycles. The van der Waals surface area contributed by atoms with Crippen LogP contribution in [0.5, 0.6) is 0 Å². The SMILES string of the molecule is CC(C)CNC(=O)C(=O)NCCN1CCC(c2cccs2)CC1. The molecule has 0 bridgehead atoms. The van der Waals surface area contributed by atoms with Gasteiger partial charge in [0.1, 0.15) is 0 Å². The van der Waals surface area contributed by atoms with E-state index in [2.05, 4.69) is 33.0 Å². The first kappa shape index (κ1) is 17.9. The molecule has 1 aromatic heterocycles. The Morgan fingerprint density at radius 3 is 2.57 bits per heavy atom. The molecule has 1 saturated heterocycles. The van der Waals surface area contributed by atoms with E-state index in [9.17, 15) is 9.59 Å². The lowest BCUT2D eigenvalue weighted by atomic mass is 9.95. The third kappa shape index (κ3) is 5.95. The van der Waals surface area contributed by atoms with Crippen molar-refractivity contribution in [3.8, 4) is 0 Å². The van der Waals surface area contributed by atoms with E-state index < -0.39 is 11.8 Å². The summed E-state index contributed by atoms with van der Waals surface area (Å²) in [4.78, 5) is 27.1. The Kier molecular flexibility index (Phi) is 7.05. The van der Waals surface area contributed by atoms with Gasteiger partial charge in [-0.25, -0.2) is 0 Å². The first-order valence-corrected chi connectivity index (χ1v) is 9.26. The molecule has 1 aromatic rings. The fourth-order valence-corrected chi connectivity index (χ4v) is 3.65. The number of carbonyl (C=O) groups excluding carboxylic acids is 2. The molecule has 2 heterocycles. The van der Waals surface area contributed by atoms with Gasteiger partial charge in [0.2, 0.25) is 0 Å². The second-order valence-corrected chi connectivity index (χ2v) is 7.47. The number of piperidine rings is 1. The summed E-state index contributed by atoms with van der Waals surface area (Å²) in [6, 6.07) is 4.34. The summed E-state index contributed by atoms with van der Waals surface area (Å²) in [6.07, 6.45) is 2.34. The zero-order valence-electron chi connectivity index (χ0n) is 14.0. The molecular weight excluding hydrogens is 310 g/mol. The number of carbonyl (C=O) groups is 2. The maximum atomic E-state index is 11.7. The average molecular weight is 337 g/mol. The molecular formula is C17H27N3O2S. The quantitative estimate of drug-likeness (QED) is 0.779. The molecule has 2 N–H and O–H groups in total. The van der Waals surface area contributed by atoms with E-state index in [0.29, 0.717) is 24.9 Å². The van der Waals surface area contributed by atoms with Crippen LogP contribution in [0.3, 0.4) is 0 Å². The number of amides is 2. The lowest BCUT2D eigenvalue weighted by molar-refractivity contribution is -0.139. The average Bonchev–Trinajstić information content (AvgIpc) is 3.07. The van der Waals surface area contributed by atoms with Gasteiger partial charge >= 0.3 is 11.8 Å². The molecule has 6 heteroatoms. The van der Waals surface area contributed by atoms with Crippen LogP contribution in [0.1, 0.15) is 37.5 Å². The van der Waals surface area contributed by atoms with Crippen molar-refractivity contribution in [2.45, 2.75) is 32.6 Å². The van der Waals surface area contributed by atoms with Crippen LogP contribution in [-0.2, 0) is 9.59 Å². The summed E-state index contributed by atoms with van der Waals surface area (Å²) in [7, 11) is 0. The second-order valence-electron chi connectivity index (χ2n) is 6.49. The van der Waals surface area contributed by atoms with Gasteiger partial charge in [0.05, 0.1) is 0 Å². The van der Waals surface area contributed by atoms with Crippen LogP contribution in [0, 0.1) is 5.92 Å². The van der Waals surface area contributed by atoms with Crippen molar-refractivity contribution in [3.63, 3.8) is 0 Å². The molecule has 0 atom stereocenters. The van der Waals surface area contributed by atoms with Crippen molar-refractivity contribution in [1.29, 1.82) is 0 Å². The number of nitrogens with zero attached hydrogens (tertiary/aromatic N) is 1. The lowest BCUT2D eigenvalue weighted by Crippen LogP contribution is -2.44. The highest BCUT2D eigenvalue weighted by molar-refractivity contribution is 7.10. The molecule has 5 nitrogen and oxygen atoms in total. The molecule has 2 amide bonds. The number of rotatable bonds is 6. The van der Waals surface area contributed by atoms with E-state index in [4.69, 9.17) is 0 Å². The first-order valence-electron chi connectivity index (χ1n) is 8.38. The van der Waals surface area contributed by atoms with Crippen LogP contribution < -0.4 is 10.6 Å². The minimum Gasteiger partial charge on any atom is -0.348 e. The second kappa shape index (κ2) is 9.03. The van der Waals surface area contributed by atoms with Gasteiger partial charge < -0.3 is 15.5 Å². The fourth-order valence-electron chi connectivity index (χ4n) is 2.75. The van der Waals surface area contributed by atoms with Gasteiger partial charge in [0.25, 0.3) is 0 Å². The summed E-state index contributed by atoms with van der Waals surface area (Å²) >= 11 is 1.84. The van der Waals surface area contributed by atoms with Crippen LogP contribution in [0.25, 0.3) is 0 Å². The largest absolute Gasteiger partial charge is 0.348 e. The predicted octanol–water partition coefficient (Wildman–Crippen LogP) is 1.82. The summed E-state index contributed by atoms with van der Waals surface area (Å²) in [6.45, 7) is 7.96. The highest BCUT2D eigenvalue weighted by Crippen LogP contribution is 2.30. The van der Waals surface area contributed by atoms with E-state index in [1.54, 1.807) is 0 Å². The van der Waals surface area contributed by atoms with Gasteiger partial charge in [-0.15, -0.1) is 11.3 Å². The topological polar surface area (TPSA) is 61.4 Å². The lowest BCUT2D eigenvalue weighted by Gasteiger charge is -2.31. The summed E-state index contributed by atoms with van der Waals surface area (Å²) < 4.78 is 0. The van der Waals surface area contributed by atoms with Crippen molar-refractivity contribution in [1.82, 2.24) is 15.5 Å². The third-order valence-corrected chi connectivity index (χ3v) is 5.16. The van der Waals surface area contributed by atoms with Crippen LogP contribution in [0.2, 0.25) is 0 Å². The zero-order chi connectivity index (χ0) is 16.7. The van der Waals surface area contributed by atoms with Gasteiger partial charge in [-0.3, -0.25) is 9.59 Å². The van der Waals surface area contributed by atoms with Crippen LogP contribution in [-0.4, -0.2) is 49.4 Å². The summed E-state index contributed by atoms with van der Waals surface area (Å²) in [5.41, 5.74) is 0. The Morgan fingerprint density at radius 1 is 1.26 bits per heavy atom. The molecule has 23 heavy (non-hydrogen) atoms. The normalized spacial score (nSPS) is 16.5. The van der Waals surface area contributed by atoms with Crippen molar-refractivity contribution >= 4 is 23.2 Å². The van der Waals surface area contributed by atoms with Crippen molar-refractivity contribution in [2.24, 2.45) is 5.92 Å². The number of likely N-dealkylation sites (tertiary alicyclic amines) is 1. The molecule has 0 saturated carbocycles. The number of thiophene rings is 1. The highest BCUT2D eigenvalue weighted by atomic mass is 32.1. The van der Waals surface area contributed by atoms with Crippen molar-refractivity contribution < 1.29 is 9.59 Å². The smallest absolute Gasteiger partial charge is 0.309 e. The Bertz CT molecular complexity index is 494. The molecule has 1 aliphatic rings. The zero-order valence-corrected chi connectivity index (χ0v) is 14.8. The van der Waals surface area contributed by atoms with E-state index in [0.717, 1.165) is 19.6 Å². The monoisotopic (exact) mass is 337 g/mol. The molecule has 0 radical (unpaired) electrons. The van der Waals surface area contributed by atoms with Gasteiger partial charge in [-0.1, -0.05) is 19.9 Å². The molecule has 0 aliphatic carbocycles. The van der Waals surface area contributed by atoms with E-state index >= 15 is 0 Å². The predicted molar refractivity (Wildman–Crippen MR) is 93.6 cm³/mol. The molecule has 0 unspecified atom stereocenters. The van der Waals surface area contributed by atoms with E-state index in [1.165, 1.54) is 17.7 Å². The third-order valence-electron chi connectivity index (χ3n) is 4.12. The number of hydrogen-bond donors (Lipinski definition) is 2. The Morgan fingerprint density at radius 2 is 1.96 bits per heavy atom. The number of nitrogens with one attached hydrogen (secondary N) is 2. The molecule has 1 aliphatic heterocycles. The summed E-state index contributed by atoms with van der Waals surface area (Å²) in [5, 5.41) is 7.47. The molecule has 1 fully saturated rings. The first-order chi connectivity index (χ1) is 11.1. The number of hydrogen-bond acceptors (Lipinski definition) is 4. The van der Waals surface area contributed by atoms with Gasteiger partial charge in [-0.05, 0) is 49.2 Å². The molecule has 0 spiro atoms. The molecule has 2 rings (SSSR count). The van der Waals surface area contributed by atoms with E-state index in [-0.39, 0.29) is 0 Å². The van der Waals surface area contributed by atoms with Crippen molar-refractivity contribution in [3.05, 3.63) is 22.4 Å². The Balaban J connectivity index is 1.60. The van der Waals surface area contributed by atoms with Crippen LogP contribution in [0.15, 0.2) is 17.5 Å². The fraction of sp³-hybridized carbons (Fsp3) is 0.647. The summed E-state index contributed by atoms with van der Waals surface area (Å²) in [5.74, 6) is -0.0340. The van der Waals surface area contributed by atoms with Crippen LogP contribution >= 0.6 is 11.3 Å². The van der Waals surface area contributed by atoms with Gasteiger partial charge in [0.15, 0.2) is 0 Å². The highest BCUT2D eigenvalue weighted by Gasteiger charge is 2.21. The standard InChI is InChI=1S/C17H27N3O2S/c1-13(2)12-19-17(22)16(21)18-7-10-20-8-5-14(6-9-20)15-4-3-11-23-15/h3-4,11,13-14H,5-10,12H2,1-2H3,(H,18,21)(H,19,22). The van der Waals surface area contributed by atoms with Crippen LogP contribution in [0.4, 0.5) is 0 Å². The minimum atomic E-state index is -0.532. The van der Waals surface area contributed by atoms with Gasteiger partial charge in [-0.2, -0.15) is 0 Å². The van der Waals surface area contributed by atoms with E-state index in [1.807, 2.05) is 25.2 Å². The minimum absolute atomic E-state index is 0.344. The maximum absolute atomic E-state index is 11.7. The Hall–Kier alpha value is -1.40. The van der Waals surface area contributed by atoms with Gasteiger partial charge in [0, 0.05) is 24.5 Å². The Labute approximate surface area is 142 Å². The van der Waals surface area contributed by atoms with Crippen molar-refractivity contribution in [2.75, 3.05) is 32.7 Å².